The minimum atomic E-state index is 0.134. The van der Waals surface area contributed by atoms with Crippen molar-refractivity contribution in [2.45, 2.75) is 45.8 Å². The van der Waals surface area contributed by atoms with E-state index in [4.69, 9.17) is 16.3 Å². The Morgan fingerprint density at radius 2 is 2.37 bits per heavy atom. The predicted octanol–water partition coefficient (Wildman–Crippen LogP) is 3.07. The van der Waals surface area contributed by atoms with Gasteiger partial charge in [-0.3, -0.25) is 4.98 Å². The number of rotatable bonds is 5. The van der Waals surface area contributed by atoms with Crippen molar-refractivity contribution in [3.05, 3.63) is 29.0 Å². The molecule has 4 heteroatoms. The summed E-state index contributed by atoms with van der Waals surface area (Å²) in [5.41, 5.74) is 1.30. The molecule has 0 aliphatic carbocycles. The Morgan fingerprint density at radius 1 is 1.58 bits per heavy atom. The van der Waals surface area contributed by atoms with Crippen molar-refractivity contribution in [3.8, 4) is 0 Å². The summed E-state index contributed by atoms with van der Waals surface area (Å²) in [4.78, 5) is 4.06. The first-order valence-electron chi connectivity index (χ1n) is 6.97. The Morgan fingerprint density at radius 3 is 2.95 bits per heavy atom. The summed E-state index contributed by atoms with van der Waals surface area (Å²) in [6.07, 6.45) is 5.80. The Balaban J connectivity index is 2.17. The van der Waals surface area contributed by atoms with Gasteiger partial charge in [0.05, 0.1) is 11.1 Å². The first-order valence-corrected chi connectivity index (χ1v) is 7.35. The highest BCUT2D eigenvalue weighted by molar-refractivity contribution is 6.31. The molecule has 1 N–H and O–H groups in total. The number of ether oxygens (including phenoxy) is 1. The number of nitrogens with one attached hydrogen (secondary N) is 1. The molecule has 1 fully saturated rings. The van der Waals surface area contributed by atoms with Gasteiger partial charge >= 0.3 is 0 Å². The van der Waals surface area contributed by atoms with Gasteiger partial charge in [-0.05, 0) is 31.4 Å². The van der Waals surface area contributed by atoms with Crippen LogP contribution in [0.2, 0.25) is 5.02 Å². The quantitative estimate of drug-likeness (QED) is 0.901. The highest BCUT2D eigenvalue weighted by atomic mass is 35.5. The lowest BCUT2D eigenvalue weighted by Gasteiger charge is -2.34. The fourth-order valence-corrected chi connectivity index (χ4v) is 2.87. The summed E-state index contributed by atoms with van der Waals surface area (Å²) in [7, 11) is 0. The zero-order valence-corrected chi connectivity index (χ0v) is 12.7. The molecule has 0 amide bonds. The normalized spacial score (nSPS) is 27.1. The molecule has 1 aliphatic heterocycles. The average molecular weight is 283 g/mol. The maximum atomic E-state index is 6.25. The van der Waals surface area contributed by atoms with Gasteiger partial charge in [-0.15, -0.1) is 0 Å². The Bertz CT molecular complexity index is 424. The molecule has 106 valence electrons. The number of pyridine rings is 1. The standard InChI is InChI=1S/C15H23ClN2O/c1-11(2)18-10-15(5-7-19-12(15)3)8-13-4-6-17-9-14(13)16/h4,6,9,11-12,18H,5,7-8,10H2,1-3H3. The van der Waals surface area contributed by atoms with E-state index in [1.54, 1.807) is 6.20 Å². The average Bonchev–Trinajstić information content (AvgIpc) is 2.72. The van der Waals surface area contributed by atoms with E-state index >= 15 is 0 Å². The van der Waals surface area contributed by atoms with Crippen LogP contribution >= 0.6 is 11.6 Å². The van der Waals surface area contributed by atoms with Crippen molar-refractivity contribution in [1.82, 2.24) is 10.3 Å². The zero-order chi connectivity index (χ0) is 13.9. The van der Waals surface area contributed by atoms with Crippen molar-refractivity contribution in [2.75, 3.05) is 13.2 Å². The minimum Gasteiger partial charge on any atom is -0.378 e. The summed E-state index contributed by atoms with van der Waals surface area (Å²) in [5, 5.41) is 4.31. The summed E-state index contributed by atoms with van der Waals surface area (Å²) in [6, 6.07) is 2.50. The van der Waals surface area contributed by atoms with E-state index in [1.165, 1.54) is 5.56 Å². The molecule has 2 unspecified atom stereocenters. The van der Waals surface area contributed by atoms with Gasteiger partial charge in [0.2, 0.25) is 0 Å². The Labute approximate surface area is 120 Å². The largest absolute Gasteiger partial charge is 0.378 e. The second-order valence-electron chi connectivity index (χ2n) is 5.80. The third-order valence-electron chi connectivity index (χ3n) is 4.09. The zero-order valence-electron chi connectivity index (χ0n) is 11.9. The summed E-state index contributed by atoms with van der Waals surface area (Å²) < 4.78 is 5.81. The number of nitrogens with zero attached hydrogens (tertiary/aromatic N) is 1. The van der Waals surface area contributed by atoms with Crippen LogP contribution in [-0.4, -0.2) is 30.3 Å². The van der Waals surface area contributed by atoms with Crippen molar-refractivity contribution < 1.29 is 4.74 Å². The van der Waals surface area contributed by atoms with Gasteiger partial charge < -0.3 is 10.1 Å². The maximum absolute atomic E-state index is 6.25. The van der Waals surface area contributed by atoms with Crippen LogP contribution < -0.4 is 5.32 Å². The molecule has 1 aromatic rings. The van der Waals surface area contributed by atoms with Crippen LogP contribution in [0.15, 0.2) is 18.5 Å². The monoisotopic (exact) mass is 282 g/mol. The Kier molecular flexibility index (Phi) is 4.82. The molecule has 0 bridgehead atoms. The number of hydrogen-bond donors (Lipinski definition) is 1. The van der Waals surface area contributed by atoms with Crippen LogP contribution in [0.5, 0.6) is 0 Å². The molecule has 1 saturated heterocycles. The van der Waals surface area contributed by atoms with E-state index in [0.717, 1.165) is 31.0 Å². The van der Waals surface area contributed by atoms with E-state index in [-0.39, 0.29) is 11.5 Å². The fraction of sp³-hybridized carbons (Fsp3) is 0.667. The molecule has 19 heavy (non-hydrogen) atoms. The van der Waals surface area contributed by atoms with Crippen molar-refractivity contribution in [3.63, 3.8) is 0 Å². The van der Waals surface area contributed by atoms with Gasteiger partial charge in [-0.2, -0.15) is 0 Å². The van der Waals surface area contributed by atoms with Gasteiger partial charge in [-0.25, -0.2) is 0 Å². The molecule has 0 aromatic carbocycles. The van der Waals surface area contributed by atoms with Crippen LogP contribution in [0.3, 0.4) is 0 Å². The van der Waals surface area contributed by atoms with Crippen LogP contribution in [0.1, 0.15) is 32.8 Å². The van der Waals surface area contributed by atoms with E-state index in [1.807, 2.05) is 12.3 Å². The van der Waals surface area contributed by atoms with Crippen molar-refractivity contribution >= 4 is 11.6 Å². The second-order valence-corrected chi connectivity index (χ2v) is 6.21. The third-order valence-corrected chi connectivity index (χ3v) is 4.43. The van der Waals surface area contributed by atoms with Gasteiger partial charge in [0.15, 0.2) is 0 Å². The summed E-state index contributed by atoms with van der Waals surface area (Å²) in [5.74, 6) is 0. The van der Waals surface area contributed by atoms with Gasteiger partial charge in [0, 0.05) is 37.0 Å². The SMILES string of the molecule is CC(C)NCC1(Cc2ccncc2Cl)CCOC1C. The topological polar surface area (TPSA) is 34.2 Å². The van der Waals surface area contributed by atoms with Gasteiger partial charge in [0.1, 0.15) is 0 Å². The Hall–Kier alpha value is -0.640. The highest BCUT2D eigenvalue weighted by Crippen LogP contribution is 2.39. The van der Waals surface area contributed by atoms with E-state index in [9.17, 15) is 0 Å². The predicted molar refractivity (Wildman–Crippen MR) is 78.6 cm³/mol. The van der Waals surface area contributed by atoms with E-state index < -0.39 is 0 Å². The lowest BCUT2D eigenvalue weighted by molar-refractivity contribution is 0.0621. The summed E-state index contributed by atoms with van der Waals surface area (Å²) in [6.45, 7) is 8.32. The smallest absolute Gasteiger partial charge is 0.0621 e. The van der Waals surface area contributed by atoms with Crippen LogP contribution in [0.4, 0.5) is 0 Å². The molecular weight excluding hydrogens is 260 g/mol. The van der Waals surface area contributed by atoms with Crippen LogP contribution in [-0.2, 0) is 11.2 Å². The van der Waals surface area contributed by atoms with E-state index in [2.05, 4.69) is 31.1 Å². The molecule has 0 saturated carbocycles. The molecular formula is C15H23ClN2O. The van der Waals surface area contributed by atoms with Gasteiger partial charge in [0.25, 0.3) is 0 Å². The molecule has 2 rings (SSSR count). The van der Waals surface area contributed by atoms with Crippen LogP contribution in [0, 0.1) is 5.41 Å². The molecule has 0 radical (unpaired) electrons. The van der Waals surface area contributed by atoms with Gasteiger partial charge in [-0.1, -0.05) is 25.4 Å². The molecule has 3 nitrogen and oxygen atoms in total. The lowest BCUT2D eigenvalue weighted by atomic mass is 9.76. The molecule has 1 aromatic heterocycles. The molecule has 2 atom stereocenters. The highest BCUT2D eigenvalue weighted by Gasteiger charge is 2.41. The lowest BCUT2D eigenvalue weighted by Crippen LogP contribution is -2.43. The third kappa shape index (κ3) is 3.47. The fourth-order valence-electron chi connectivity index (χ4n) is 2.68. The number of halogens is 1. The van der Waals surface area contributed by atoms with Crippen molar-refractivity contribution in [1.29, 1.82) is 0 Å². The van der Waals surface area contributed by atoms with Crippen molar-refractivity contribution in [2.24, 2.45) is 5.41 Å². The van der Waals surface area contributed by atoms with Crippen LogP contribution in [0.25, 0.3) is 0 Å². The first-order chi connectivity index (χ1) is 9.03. The second kappa shape index (κ2) is 6.21. The summed E-state index contributed by atoms with van der Waals surface area (Å²) >= 11 is 6.25. The van der Waals surface area contributed by atoms with E-state index in [0.29, 0.717) is 6.04 Å². The number of aromatic nitrogens is 1. The first kappa shape index (κ1) is 14.8. The molecule has 1 aliphatic rings. The maximum Gasteiger partial charge on any atom is 0.0621 e. The molecule has 2 heterocycles. The molecule has 0 spiro atoms. The number of hydrogen-bond acceptors (Lipinski definition) is 3. The minimum absolute atomic E-state index is 0.134.